The maximum atomic E-state index is 12.3. The molecule has 1 aromatic heterocycles. The van der Waals surface area contributed by atoms with Crippen molar-refractivity contribution in [2.45, 2.75) is 52.4 Å². The maximum Gasteiger partial charge on any atom is 0.153 e. The molecule has 1 aromatic rings. The fraction of sp³-hybridized carbons (Fsp3) is 0.824. The molecule has 0 amide bonds. The van der Waals surface area contributed by atoms with E-state index in [9.17, 15) is 8.42 Å². The van der Waals surface area contributed by atoms with E-state index in [1.54, 1.807) is 0 Å². The average Bonchev–Trinajstić information content (AvgIpc) is 3.05. The highest BCUT2D eigenvalue weighted by atomic mass is 32.2. The van der Waals surface area contributed by atoms with Gasteiger partial charge in [0.25, 0.3) is 0 Å². The van der Waals surface area contributed by atoms with Crippen LogP contribution in [0.25, 0.3) is 0 Å². The van der Waals surface area contributed by atoms with Gasteiger partial charge in [0.2, 0.25) is 0 Å². The van der Waals surface area contributed by atoms with Gasteiger partial charge in [0.1, 0.15) is 5.82 Å². The Bertz CT molecular complexity index is 655. The largest absolute Gasteiger partial charge is 0.334 e. The molecule has 0 bridgehead atoms. The first-order valence-electron chi connectivity index (χ1n) is 9.08. The van der Waals surface area contributed by atoms with Gasteiger partial charge in [-0.3, -0.25) is 9.80 Å². The lowest BCUT2D eigenvalue weighted by Gasteiger charge is -2.44. The van der Waals surface area contributed by atoms with Crippen LogP contribution in [0, 0.1) is 5.92 Å². The minimum absolute atomic E-state index is 0.106. The Morgan fingerprint density at radius 2 is 1.88 bits per heavy atom. The van der Waals surface area contributed by atoms with E-state index >= 15 is 0 Å². The van der Waals surface area contributed by atoms with Crippen LogP contribution in [0.1, 0.15) is 33.0 Å². The summed E-state index contributed by atoms with van der Waals surface area (Å²) in [6, 6.07) is 0.245. The lowest BCUT2D eigenvalue weighted by molar-refractivity contribution is 0.0317. The molecule has 6 nitrogen and oxygen atoms in total. The lowest BCUT2D eigenvalue weighted by atomic mass is 10.0. The van der Waals surface area contributed by atoms with E-state index in [0.29, 0.717) is 17.4 Å². The quantitative estimate of drug-likeness (QED) is 0.769. The summed E-state index contributed by atoms with van der Waals surface area (Å²) in [5.74, 6) is 2.21. The first kappa shape index (κ1) is 17.9. The zero-order chi connectivity index (χ0) is 17.3. The van der Waals surface area contributed by atoms with Gasteiger partial charge in [-0.1, -0.05) is 20.8 Å². The van der Waals surface area contributed by atoms with Gasteiger partial charge in [-0.05, 0) is 12.3 Å². The molecular formula is C17H30N4O2S. The van der Waals surface area contributed by atoms with Crippen molar-refractivity contribution < 1.29 is 8.42 Å². The van der Waals surface area contributed by atoms with E-state index in [2.05, 4.69) is 40.1 Å². The molecule has 136 valence electrons. The second-order valence-corrected chi connectivity index (χ2v) is 9.76. The van der Waals surface area contributed by atoms with Crippen LogP contribution < -0.4 is 0 Å². The molecular weight excluding hydrogens is 324 g/mol. The minimum Gasteiger partial charge on any atom is -0.334 e. The van der Waals surface area contributed by atoms with Gasteiger partial charge in [-0.15, -0.1) is 0 Å². The van der Waals surface area contributed by atoms with Crippen LogP contribution in [0.15, 0.2) is 12.4 Å². The van der Waals surface area contributed by atoms with Crippen molar-refractivity contribution in [3.8, 4) is 0 Å². The summed E-state index contributed by atoms with van der Waals surface area (Å²) in [6.45, 7) is 11.1. The Kier molecular flexibility index (Phi) is 5.32. The number of hydrogen-bond acceptors (Lipinski definition) is 5. The molecule has 7 heteroatoms. The summed E-state index contributed by atoms with van der Waals surface area (Å²) < 4.78 is 26.7. The standard InChI is InChI=1S/C17H30N4O2S/c1-4-6-19-7-5-18-17(19)11-21-9-8-20(10-14(2)3)15-12-24(22,23)13-16(15)21/h5,7,14-16H,4,6,8-13H2,1-3H3/t15-,16+/m0/s1. The number of aryl methyl sites for hydroxylation is 1. The highest BCUT2D eigenvalue weighted by molar-refractivity contribution is 7.91. The molecule has 2 aliphatic heterocycles. The number of nitrogens with zero attached hydrogens (tertiary/aromatic N) is 4. The molecule has 2 aliphatic rings. The van der Waals surface area contributed by atoms with Crippen molar-refractivity contribution >= 4 is 9.84 Å². The second kappa shape index (κ2) is 7.14. The Balaban J connectivity index is 1.77. The number of hydrogen-bond donors (Lipinski definition) is 0. The minimum atomic E-state index is -2.94. The average molecular weight is 355 g/mol. The third-order valence-corrected chi connectivity index (χ3v) is 6.82. The van der Waals surface area contributed by atoms with Crippen LogP contribution in [-0.2, 0) is 22.9 Å². The highest BCUT2D eigenvalue weighted by Gasteiger charge is 2.46. The molecule has 24 heavy (non-hydrogen) atoms. The van der Waals surface area contributed by atoms with Crippen molar-refractivity contribution in [3.05, 3.63) is 18.2 Å². The zero-order valence-electron chi connectivity index (χ0n) is 15.1. The molecule has 0 radical (unpaired) electrons. The summed E-state index contributed by atoms with van der Waals surface area (Å²) in [7, 11) is -2.94. The number of aromatic nitrogens is 2. The van der Waals surface area contributed by atoms with E-state index in [1.807, 2.05) is 12.4 Å². The smallest absolute Gasteiger partial charge is 0.153 e. The van der Waals surface area contributed by atoms with Gasteiger partial charge in [0.15, 0.2) is 9.84 Å². The van der Waals surface area contributed by atoms with Gasteiger partial charge in [0, 0.05) is 50.7 Å². The molecule has 3 heterocycles. The van der Waals surface area contributed by atoms with E-state index in [-0.39, 0.29) is 12.1 Å². The summed E-state index contributed by atoms with van der Waals surface area (Å²) in [5, 5.41) is 0. The van der Waals surface area contributed by atoms with Crippen molar-refractivity contribution in [1.82, 2.24) is 19.4 Å². The van der Waals surface area contributed by atoms with Crippen LogP contribution in [0.4, 0.5) is 0 Å². The lowest BCUT2D eigenvalue weighted by Crippen LogP contribution is -2.59. The molecule has 0 N–H and O–H groups in total. The first-order chi connectivity index (χ1) is 11.4. The second-order valence-electron chi connectivity index (χ2n) is 7.61. The molecule has 0 spiro atoms. The van der Waals surface area contributed by atoms with Crippen LogP contribution in [-0.4, -0.2) is 71.0 Å². The van der Waals surface area contributed by atoms with Gasteiger partial charge >= 0.3 is 0 Å². The Morgan fingerprint density at radius 1 is 1.21 bits per heavy atom. The fourth-order valence-corrected chi connectivity index (χ4v) is 6.15. The number of sulfone groups is 1. The normalized spacial score (nSPS) is 27.7. The summed E-state index contributed by atoms with van der Waals surface area (Å²) in [6.07, 6.45) is 4.95. The number of imidazole rings is 1. The summed E-state index contributed by atoms with van der Waals surface area (Å²) >= 11 is 0. The van der Waals surface area contributed by atoms with Crippen molar-refractivity contribution in [1.29, 1.82) is 0 Å². The molecule has 3 rings (SSSR count). The number of rotatable bonds is 6. The molecule has 2 atom stereocenters. The van der Waals surface area contributed by atoms with Crippen LogP contribution in [0.5, 0.6) is 0 Å². The monoisotopic (exact) mass is 354 g/mol. The highest BCUT2D eigenvalue weighted by Crippen LogP contribution is 2.28. The molecule has 2 fully saturated rings. The zero-order valence-corrected chi connectivity index (χ0v) is 15.9. The third-order valence-electron chi connectivity index (χ3n) is 5.12. The Labute approximate surface area is 145 Å². The topological polar surface area (TPSA) is 58.4 Å². The number of piperazine rings is 1. The van der Waals surface area contributed by atoms with Gasteiger partial charge in [0.05, 0.1) is 18.1 Å². The van der Waals surface area contributed by atoms with Crippen molar-refractivity contribution in [2.75, 3.05) is 31.1 Å². The predicted molar refractivity (Wildman–Crippen MR) is 95.6 cm³/mol. The summed E-state index contributed by atoms with van der Waals surface area (Å²) in [4.78, 5) is 9.25. The number of fused-ring (bicyclic) bond motifs is 1. The SMILES string of the molecule is CCCn1ccnc1CN1CCN(CC(C)C)[C@H]2CS(=O)(=O)C[C@H]21. The Hall–Kier alpha value is -0.920. The van der Waals surface area contributed by atoms with Crippen LogP contribution >= 0.6 is 0 Å². The van der Waals surface area contributed by atoms with Gasteiger partial charge in [-0.25, -0.2) is 13.4 Å². The van der Waals surface area contributed by atoms with Gasteiger partial charge < -0.3 is 4.57 Å². The van der Waals surface area contributed by atoms with E-state index in [1.165, 1.54) is 0 Å². The predicted octanol–water partition coefficient (Wildman–Crippen LogP) is 1.23. The third kappa shape index (κ3) is 3.83. The van der Waals surface area contributed by atoms with Gasteiger partial charge in [-0.2, -0.15) is 0 Å². The molecule has 0 aliphatic carbocycles. The summed E-state index contributed by atoms with van der Waals surface area (Å²) in [5.41, 5.74) is 0. The maximum absolute atomic E-state index is 12.3. The van der Waals surface area contributed by atoms with Crippen molar-refractivity contribution in [3.63, 3.8) is 0 Å². The first-order valence-corrected chi connectivity index (χ1v) is 10.9. The molecule has 2 saturated heterocycles. The van der Waals surface area contributed by atoms with Crippen molar-refractivity contribution in [2.24, 2.45) is 5.92 Å². The molecule has 0 unspecified atom stereocenters. The van der Waals surface area contributed by atoms with Crippen LogP contribution in [0.3, 0.4) is 0 Å². The van der Waals surface area contributed by atoms with E-state index in [0.717, 1.165) is 45.0 Å². The Morgan fingerprint density at radius 3 is 2.54 bits per heavy atom. The molecule has 0 aromatic carbocycles. The van der Waals surface area contributed by atoms with E-state index in [4.69, 9.17) is 0 Å². The fourth-order valence-electron chi connectivity index (χ4n) is 4.11. The van der Waals surface area contributed by atoms with Crippen LogP contribution in [0.2, 0.25) is 0 Å². The van der Waals surface area contributed by atoms with E-state index < -0.39 is 9.84 Å². The molecule has 0 saturated carbocycles.